The molecule has 3 aromatic rings. The van der Waals surface area contributed by atoms with E-state index in [-0.39, 0.29) is 11.8 Å². The summed E-state index contributed by atoms with van der Waals surface area (Å²) in [7, 11) is 1.57. The van der Waals surface area contributed by atoms with Crippen LogP contribution in [0.15, 0.2) is 77.7 Å². The highest BCUT2D eigenvalue weighted by Gasteiger charge is 2.12. The second-order valence-electron chi connectivity index (χ2n) is 5.91. The van der Waals surface area contributed by atoms with Crippen molar-refractivity contribution in [2.45, 2.75) is 4.90 Å². The van der Waals surface area contributed by atoms with Crippen LogP contribution in [0.4, 0.5) is 11.4 Å². The Labute approximate surface area is 168 Å². The van der Waals surface area contributed by atoms with Crippen LogP contribution in [0.3, 0.4) is 0 Å². The first-order valence-corrected chi connectivity index (χ1v) is 9.83. The molecule has 0 unspecified atom stereocenters. The normalized spacial score (nSPS) is 10.2. The number of rotatable bonds is 6. The lowest BCUT2D eigenvalue weighted by molar-refractivity contribution is 0.101. The Morgan fingerprint density at radius 2 is 1.21 bits per heavy atom. The fourth-order valence-electron chi connectivity index (χ4n) is 2.57. The average molecular weight is 392 g/mol. The summed E-state index contributed by atoms with van der Waals surface area (Å²) in [5.41, 5.74) is 2.10. The van der Waals surface area contributed by atoms with Gasteiger partial charge in [-0.1, -0.05) is 12.1 Å². The van der Waals surface area contributed by atoms with E-state index in [4.69, 9.17) is 4.74 Å². The zero-order valence-corrected chi connectivity index (χ0v) is 16.4. The third kappa shape index (κ3) is 4.72. The van der Waals surface area contributed by atoms with E-state index >= 15 is 0 Å². The van der Waals surface area contributed by atoms with Crippen LogP contribution >= 0.6 is 11.8 Å². The number of methoxy groups -OCH3 is 1. The van der Waals surface area contributed by atoms with Crippen molar-refractivity contribution in [2.75, 3.05) is 24.0 Å². The third-order valence-corrected chi connectivity index (χ3v) is 4.87. The van der Waals surface area contributed by atoms with Gasteiger partial charge in [0.05, 0.1) is 18.5 Å². The van der Waals surface area contributed by atoms with E-state index in [0.29, 0.717) is 28.3 Å². The molecular weight excluding hydrogens is 372 g/mol. The molecule has 0 radical (unpaired) electrons. The number of benzene rings is 3. The lowest BCUT2D eigenvalue weighted by atomic mass is 10.1. The van der Waals surface area contributed by atoms with Gasteiger partial charge in [0, 0.05) is 16.0 Å². The molecule has 0 saturated heterocycles. The molecule has 2 amide bonds. The Morgan fingerprint density at radius 1 is 0.750 bits per heavy atom. The van der Waals surface area contributed by atoms with E-state index in [1.165, 1.54) is 0 Å². The lowest BCUT2D eigenvalue weighted by Crippen LogP contribution is -2.16. The number of para-hydroxylation sites is 2. The monoisotopic (exact) mass is 392 g/mol. The Kier molecular flexibility index (Phi) is 6.34. The molecule has 0 heterocycles. The van der Waals surface area contributed by atoms with E-state index < -0.39 is 0 Å². The maximum absolute atomic E-state index is 12.5. The highest BCUT2D eigenvalue weighted by atomic mass is 32.2. The zero-order chi connectivity index (χ0) is 19.9. The fourth-order valence-corrected chi connectivity index (χ4v) is 2.98. The van der Waals surface area contributed by atoms with Crippen LogP contribution in [0.25, 0.3) is 0 Å². The topological polar surface area (TPSA) is 67.4 Å². The van der Waals surface area contributed by atoms with E-state index in [1.807, 2.05) is 18.4 Å². The van der Waals surface area contributed by atoms with E-state index in [9.17, 15) is 9.59 Å². The van der Waals surface area contributed by atoms with Gasteiger partial charge in [-0.05, 0) is 66.9 Å². The van der Waals surface area contributed by atoms with Gasteiger partial charge in [0.15, 0.2) is 0 Å². The molecule has 6 heteroatoms. The van der Waals surface area contributed by atoms with E-state index in [0.717, 1.165) is 4.90 Å². The smallest absolute Gasteiger partial charge is 0.255 e. The first-order valence-electron chi connectivity index (χ1n) is 8.60. The molecule has 3 aromatic carbocycles. The summed E-state index contributed by atoms with van der Waals surface area (Å²) < 4.78 is 5.11. The van der Waals surface area contributed by atoms with Crippen molar-refractivity contribution in [3.8, 4) is 5.75 Å². The highest BCUT2D eigenvalue weighted by molar-refractivity contribution is 7.98. The number of hydrogen-bond acceptors (Lipinski definition) is 4. The number of ether oxygens (including phenoxy) is 1. The zero-order valence-electron chi connectivity index (χ0n) is 15.6. The van der Waals surface area contributed by atoms with Gasteiger partial charge in [-0.25, -0.2) is 0 Å². The minimum absolute atomic E-state index is 0.237. The van der Waals surface area contributed by atoms with Gasteiger partial charge < -0.3 is 15.4 Å². The first kappa shape index (κ1) is 19.5. The van der Waals surface area contributed by atoms with Crippen LogP contribution in [-0.4, -0.2) is 25.2 Å². The van der Waals surface area contributed by atoms with Crippen molar-refractivity contribution in [2.24, 2.45) is 0 Å². The maximum Gasteiger partial charge on any atom is 0.255 e. The SMILES string of the molecule is COc1ccc(C(=O)Nc2ccccc2NC(=O)c2ccc(SC)cc2)cc1. The fraction of sp³-hybridized carbons (Fsp3) is 0.0909. The number of hydrogen-bond donors (Lipinski definition) is 2. The summed E-state index contributed by atoms with van der Waals surface area (Å²) in [6.07, 6.45) is 1.98. The molecule has 0 atom stereocenters. The van der Waals surface area contributed by atoms with Gasteiger partial charge >= 0.3 is 0 Å². The lowest BCUT2D eigenvalue weighted by Gasteiger charge is -2.13. The van der Waals surface area contributed by atoms with Crippen LogP contribution in [0.5, 0.6) is 5.75 Å². The van der Waals surface area contributed by atoms with Crippen LogP contribution < -0.4 is 15.4 Å². The molecular formula is C22H20N2O3S. The molecule has 0 aliphatic heterocycles. The van der Waals surface area contributed by atoms with Crippen LogP contribution in [-0.2, 0) is 0 Å². The van der Waals surface area contributed by atoms with Crippen molar-refractivity contribution in [3.05, 3.63) is 83.9 Å². The summed E-state index contributed by atoms with van der Waals surface area (Å²) in [5.74, 6) is 0.171. The first-order chi connectivity index (χ1) is 13.6. The molecule has 2 N–H and O–H groups in total. The van der Waals surface area contributed by atoms with Gasteiger partial charge in [-0.2, -0.15) is 0 Å². The van der Waals surface area contributed by atoms with Crippen LogP contribution in [0.1, 0.15) is 20.7 Å². The molecule has 0 bridgehead atoms. The van der Waals surface area contributed by atoms with Crippen molar-refractivity contribution in [3.63, 3.8) is 0 Å². The second kappa shape index (κ2) is 9.10. The molecule has 0 aliphatic rings. The molecule has 28 heavy (non-hydrogen) atoms. The van der Waals surface area contributed by atoms with Crippen molar-refractivity contribution < 1.29 is 14.3 Å². The number of carbonyl (C=O) groups excluding carboxylic acids is 2. The number of thioether (sulfide) groups is 1. The third-order valence-electron chi connectivity index (χ3n) is 4.13. The maximum atomic E-state index is 12.5. The summed E-state index contributed by atoms with van der Waals surface area (Å²) in [6, 6.07) is 21.3. The Bertz CT molecular complexity index is 889. The molecule has 3 rings (SSSR count). The number of amides is 2. The molecule has 0 spiro atoms. The predicted octanol–water partition coefficient (Wildman–Crippen LogP) is 4.92. The van der Waals surface area contributed by atoms with Gasteiger partial charge in [0.1, 0.15) is 5.75 Å². The molecule has 0 aromatic heterocycles. The molecule has 5 nitrogen and oxygen atoms in total. The molecule has 0 saturated carbocycles. The van der Waals surface area contributed by atoms with E-state index in [1.54, 1.807) is 79.5 Å². The summed E-state index contributed by atoms with van der Waals surface area (Å²) in [5, 5.41) is 5.70. The largest absolute Gasteiger partial charge is 0.497 e. The second-order valence-corrected chi connectivity index (χ2v) is 6.79. The molecule has 142 valence electrons. The van der Waals surface area contributed by atoms with Crippen molar-refractivity contribution in [1.82, 2.24) is 0 Å². The van der Waals surface area contributed by atoms with E-state index in [2.05, 4.69) is 10.6 Å². The van der Waals surface area contributed by atoms with Gasteiger partial charge in [0.25, 0.3) is 11.8 Å². The predicted molar refractivity (Wildman–Crippen MR) is 114 cm³/mol. The van der Waals surface area contributed by atoms with Crippen molar-refractivity contribution in [1.29, 1.82) is 0 Å². The van der Waals surface area contributed by atoms with Crippen molar-refractivity contribution >= 4 is 35.0 Å². The standard InChI is InChI=1S/C22H20N2O3S/c1-27-17-11-7-15(8-12-17)21(25)23-19-5-3-4-6-20(19)24-22(26)16-9-13-18(28-2)14-10-16/h3-14H,1-2H3,(H,23,25)(H,24,26). The molecule has 0 fully saturated rings. The van der Waals surface area contributed by atoms with Crippen LogP contribution in [0.2, 0.25) is 0 Å². The highest BCUT2D eigenvalue weighted by Crippen LogP contribution is 2.23. The molecule has 0 aliphatic carbocycles. The number of nitrogens with one attached hydrogen (secondary N) is 2. The summed E-state index contributed by atoms with van der Waals surface area (Å²) in [6.45, 7) is 0. The minimum atomic E-state index is -0.270. The Balaban J connectivity index is 1.74. The number of carbonyl (C=O) groups is 2. The Morgan fingerprint density at radius 3 is 1.64 bits per heavy atom. The van der Waals surface area contributed by atoms with Gasteiger partial charge in [0.2, 0.25) is 0 Å². The average Bonchev–Trinajstić information content (AvgIpc) is 2.75. The Hall–Kier alpha value is -3.25. The number of anilines is 2. The van der Waals surface area contributed by atoms with Gasteiger partial charge in [-0.3, -0.25) is 9.59 Å². The summed E-state index contributed by atoms with van der Waals surface area (Å²) >= 11 is 1.62. The summed E-state index contributed by atoms with van der Waals surface area (Å²) in [4.78, 5) is 26.2. The van der Waals surface area contributed by atoms with Crippen LogP contribution in [0, 0.1) is 0 Å². The quantitative estimate of drug-likeness (QED) is 0.584. The van der Waals surface area contributed by atoms with Gasteiger partial charge in [-0.15, -0.1) is 11.8 Å². The minimum Gasteiger partial charge on any atom is -0.497 e.